The average Bonchev–Trinajstić information content (AvgIpc) is 2.55. The third kappa shape index (κ3) is 3.32. The van der Waals surface area contributed by atoms with Crippen LogP contribution in [0, 0.1) is 20.8 Å². The molecule has 0 fully saturated rings. The van der Waals surface area contributed by atoms with Gasteiger partial charge in [0.1, 0.15) is 0 Å². The van der Waals surface area contributed by atoms with Crippen molar-refractivity contribution in [3.05, 3.63) is 77.4 Å². The van der Waals surface area contributed by atoms with E-state index in [1.54, 1.807) is 13.0 Å². The Bertz CT molecular complexity index is 986. The van der Waals surface area contributed by atoms with Gasteiger partial charge in [0, 0.05) is 5.56 Å². The molecule has 0 atom stereocenters. The molecular weight excluding hydrogens is 331 g/mol. The maximum Gasteiger partial charge on any atom is 0.357 e. The molecule has 0 unspecified atom stereocenters. The van der Waals surface area contributed by atoms with E-state index in [1.807, 2.05) is 68.4 Å². The highest BCUT2D eigenvalue weighted by Crippen LogP contribution is 2.44. The van der Waals surface area contributed by atoms with Crippen molar-refractivity contribution in [2.75, 3.05) is 0 Å². The summed E-state index contributed by atoms with van der Waals surface area (Å²) in [6.07, 6.45) is 0. The molecule has 4 heteroatoms. The van der Waals surface area contributed by atoms with Gasteiger partial charge in [0.15, 0.2) is 0 Å². The molecule has 3 aromatic rings. The Morgan fingerprint density at radius 3 is 1.68 bits per heavy atom. The maximum atomic E-state index is 12.3. The Hall–Kier alpha value is -2.19. The fraction of sp³-hybridized carbons (Fsp3) is 0.143. The second-order valence-electron chi connectivity index (χ2n) is 6.33. The Kier molecular flexibility index (Phi) is 4.66. The average molecular weight is 352 g/mol. The van der Waals surface area contributed by atoms with E-state index in [-0.39, 0.29) is 5.30 Å². The number of aryl methyl sites for hydroxylation is 3. The molecule has 3 aromatic carbocycles. The summed E-state index contributed by atoms with van der Waals surface area (Å²) in [4.78, 5) is 20.1. The lowest BCUT2D eigenvalue weighted by atomic mass is 9.89. The molecule has 0 radical (unpaired) electrons. The van der Waals surface area contributed by atoms with Gasteiger partial charge in [-0.25, -0.2) is 0 Å². The number of rotatable bonds is 3. The summed E-state index contributed by atoms with van der Waals surface area (Å²) in [5, 5.41) is 0.113. The van der Waals surface area contributed by atoms with E-state index in [0.717, 1.165) is 27.8 Å². The standard InChI is InChI=1S/C21H21O3P/c1-14-8-4-6-10-17(14)19-13-12-16(3)21(25(22,23)24)20(19)18-11-7-5-9-15(18)2/h4-13H,1-3H3,(H2,22,23,24). The summed E-state index contributed by atoms with van der Waals surface area (Å²) in [5.74, 6) is 0. The van der Waals surface area contributed by atoms with Crippen molar-refractivity contribution in [3.8, 4) is 22.3 Å². The first kappa shape index (κ1) is 17.6. The van der Waals surface area contributed by atoms with E-state index in [0.29, 0.717) is 11.1 Å². The first-order valence-electron chi connectivity index (χ1n) is 8.12. The zero-order valence-corrected chi connectivity index (χ0v) is 15.4. The van der Waals surface area contributed by atoms with E-state index >= 15 is 0 Å². The Labute approximate surface area is 148 Å². The van der Waals surface area contributed by atoms with Crippen molar-refractivity contribution in [1.82, 2.24) is 0 Å². The van der Waals surface area contributed by atoms with Crippen molar-refractivity contribution in [3.63, 3.8) is 0 Å². The summed E-state index contributed by atoms with van der Waals surface area (Å²) in [6, 6.07) is 19.4. The van der Waals surface area contributed by atoms with Crippen molar-refractivity contribution in [2.45, 2.75) is 20.8 Å². The van der Waals surface area contributed by atoms with Crippen LogP contribution in [0.3, 0.4) is 0 Å². The fourth-order valence-corrected chi connectivity index (χ4v) is 4.36. The number of hydrogen-bond donors (Lipinski definition) is 2. The van der Waals surface area contributed by atoms with Gasteiger partial charge >= 0.3 is 7.60 Å². The maximum absolute atomic E-state index is 12.3. The van der Waals surface area contributed by atoms with Gasteiger partial charge in [0.05, 0.1) is 5.30 Å². The number of hydrogen-bond acceptors (Lipinski definition) is 1. The van der Waals surface area contributed by atoms with Crippen molar-refractivity contribution < 1.29 is 14.4 Å². The molecule has 0 saturated heterocycles. The minimum absolute atomic E-state index is 0.113. The topological polar surface area (TPSA) is 57.5 Å². The predicted molar refractivity (Wildman–Crippen MR) is 103 cm³/mol. The molecule has 2 N–H and O–H groups in total. The number of benzene rings is 3. The van der Waals surface area contributed by atoms with Crippen LogP contribution < -0.4 is 5.30 Å². The van der Waals surface area contributed by atoms with Crippen LogP contribution in [0.2, 0.25) is 0 Å². The quantitative estimate of drug-likeness (QED) is 0.669. The Morgan fingerprint density at radius 1 is 0.640 bits per heavy atom. The van der Waals surface area contributed by atoms with E-state index in [4.69, 9.17) is 0 Å². The molecule has 0 aliphatic heterocycles. The second-order valence-corrected chi connectivity index (χ2v) is 7.86. The lowest BCUT2D eigenvalue weighted by Gasteiger charge is -2.21. The normalized spacial score (nSPS) is 11.6. The van der Waals surface area contributed by atoms with Crippen LogP contribution in [0.25, 0.3) is 22.3 Å². The zero-order valence-electron chi connectivity index (χ0n) is 14.5. The summed E-state index contributed by atoms with van der Waals surface area (Å²) >= 11 is 0. The highest BCUT2D eigenvalue weighted by atomic mass is 31.2. The third-order valence-electron chi connectivity index (χ3n) is 4.52. The van der Waals surface area contributed by atoms with Gasteiger partial charge in [-0.1, -0.05) is 60.7 Å². The van der Waals surface area contributed by atoms with Crippen molar-refractivity contribution in [2.24, 2.45) is 0 Å². The molecule has 0 heterocycles. The van der Waals surface area contributed by atoms with Gasteiger partial charge < -0.3 is 9.79 Å². The van der Waals surface area contributed by atoms with Gasteiger partial charge in [0.2, 0.25) is 0 Å². The van der Waals surface area contributed by atoms with Crippen molar-refractivity contribution in [1.29, 1.82) is 0 Å². The van der Waals surface area contributed by atoms with Crippen LogP contribution in [0.4, 0.5) is 0 Å². The lowest BCUT2D eigenvalue weighted by Crippen LogP contribution is -2.14. The Balaban J connectivity index is 2.48. The van der Waals surface area contributed by atoms with E-state index in [2.05, 4.69) is 0 Å². The smallest absolute Gasteiger partial charge is 0.321 e. The van der Waals surface area contributed by atoms with Crippen LogP contribution in [0.15, 0.2) is 60.7 Å². The Morgan fingerprint density at radius 2 is 1.16 bits per heavy atom. The second kappa shape index (κ2) is 6.61. The monoisotopic (exact) mass is 352 g/mol. The minimum atomic E-state index is -4.44. The van der Waals surface area contributed by atoms with Crippen LogP contribution in [-0.2, 0) is 4.57 Å². The molecule has 0 spiro atoms. The summed E-state index contributed by atoms with van der Waals surface area (Å²) in [7, 11) is -4.44. The molecule has 25 heavy (non-hydrogen) atoms. The van der Waals surface area contributed by atoms with E-state index in [1.165, 1.54) is 0 Å². The molecule has 0 saturated carbocycles. The molecule has 128 valence electrons. The highest BCUT2D eigenvalue weighted by Gasteiger charge is 2.28. The molecular formula is C21H21O3P. The van der Waals surface area contributed by atoms with Gasteiger partial charge in [-0.15, -0.1) is 0 Å². The van der Waals surface area contributed by atoms with Crippen LogP contribution in [0.5, 0.6) is 0 Å². The fourth-order valence-electron chi connectivity index (χ4n) is 3.30. The van der Waals surface area contributed by atoms with Crippen LogP contribution in [-0.4, -0.2) is 9.79 Å². The molecule has 0 aromatic heterocycles. The molecule has 3 nitrogen and oxygen atoms in total. The highest BCUT2D eigenvalue weighted by molar-refractivity contribution is 7.60. The van der Waals surface area contributed by atoms with Crippen molar-refractivity contribution >= 4 is 12.9 Å². The van der Waals surface area contributed by atoms with Gasteiger partial charge in [-0.3, -0.25) is 4.57 Å². The minimum Gasteiger partial charge on any atom is -0.321 e. The summed E-state index contributed by atoms with van der Waals surface area (Å²) in [6.45, 7) is 5.72. The first-order chi connectivity index (χ1) is 11.8. The third-order valence-corrected chi connectivity index (χ3v) is 5.68. The van der Waals surface area contributed by atoms with E-state index < -0.39 is 7.60 Å². The van der Waals surface area contributed by atoms with Gasteiger partial charge in [-0.05, 0) is 54.2 Å². The van der Waals surface area contributed by atoms with Crippen LogP contribution >= 0.6 is 7.60 Å². The SMILES string of the molecule is Cc1ccccc1-c1ccc(C)c(P(=O)(O)O)c1-c1ccccc1C. The zero-order chi connectivity index (χ0) is 18.2. The first-order valence-corrected chi connectivity index (χ1v) is 9.73. The van der Waals surface area contributed by atoms with Gasteiger partial charge in [0.25, 0.3) is 0 Å². The molecule has 0 bridgehead atoms. The lowest BCUT2D eigenvalue weighted by molar-refractivity contribution is 0.387. The largest absolute Gasteiger partial charge is 0.357 e. The van der Waals surface area contributed by atoms with Gasteiger partial charge in [-0.2, -0.15) is 0 Å². The van der Waals surface area contributed by atoms with E-state index in [9.17, 15) is 14.4 Å². The summed E-state index contributed by atoms with van der Waals surface area (Å²) in [5.41, 5.74) is 5.95. The molecule has 0 aliphatic rings. The molecule has 0 amide bonds. The predicted octanol–water partition coefficient (Wildman–Crippen LogP) is 4.75. The molecule has 3 rings (SSSR count). The van der Waals surface area contributed by atoms with Crippen LogP contribution in [0.1, 0.15) is 16.7 Å². The summed E-state index contributed by atoms with van der Waals surface area (Å²) < 4.78 is 12.3. The molecule has 0 aliphatic carbocycles.